The normalized spacial score (nSPS) is 15.9. The molecule has 0 aliphatic carbocycles. The third-order valence-electron chi connectivity index (χ3n) is 3.70. The molecule has 6 heteroatoms. The van der Waals surface area contributed by atoms with Crippen LogP contribution >= 0.6 is 0 Å². The Labute approximate surface area is 130 Å². The Bertz CT molecular complexity index is 615. The molecule has 0 radical (unpaired) electrons. The van der Waals surface area contributed by atoms with Crippen molar-refractivity contribution in [3.05, 3.63) is 24.4 Å². The number of ether oxygens (including phenoxy) is 3. The molecule has 118 valence electrons. The average molecular weight is 303 g/mol. The molecule has 0 bridgehead atoms. The lowest BCUT2D eigenvalue weighted by atomic mass is 10.2. The van der Waals surface area contributed by atoms with E-state index in [1.54, 1.807) is 13.3 Å². The number of benzene rings is 1. The van der Waals surface area contributed by atoms with Gasteiger partial charge in [0.1, 0.15) is 5.75 Å². The summed E-state index contributed by atoms with van der Waals surface area (Å²) in [4.78, 5) is 10.8. The van der Waals surface area contributed by atoms with Crippen LogP contribution in [-0.2, 0) is 4.74 Å². The van der Waals surface area contributed by atoms with Crippen molar-refractivity contribution in [1.82, 2.24) is 14.9 Å². The topological polar surface area (TPSA) is 56.7 Å². The molecule has 3 rings (SSSR count). The third kappa shape index (κ3) is 3.84. The second-order valence-corrected chi connectivity index (χ2v) is 5.23. The lowest BCUT2D eigenvalue weighted by molar-refractivity contribution is 0.0358. The summed E-state index contributed by atoms with van der Waals surface area (Å²) in [5.74, 6) is 0.850. The molecular weight excluding hydrogens is 282 g/mol. The predicted octanol–water partition coefficient (Wildman–Crippen LogP) is 1.74. The second kappa shape index (κ2) is 7.38. The van der Waals surface area contributed by atoms with Gasteiger partial charge in [0.05, 0.1) is 32.4 Å². The smallest absolute Gasteiger partial charge is 0.316 e. The number of methoxy groups -OCH3 is 1. The Balaban J connectivity index is 1.50. The van der Waals surface area contributed by atoms with Crippen LogP contribution in [0, 0.1) is 0 Å². The summed E-state index contributed by atoms with van der Waals surface area (Å²) in [6.45, 7) is 5.49. The van der Waals surface area contributed by atoms with Crippen LogP contribution in [0.15, 0.2) is 24.4 Å². The van der Waals surface area contributed by atoms with Crippen molar-refractivity contribution in [2.75, 3.05) is 46.6 Å². The van der Waals surface area contributed by atoms with Gasteiger partial charge in [0, 0.05) is 31.2 Å². The molecule has 0 spiro atoms. The van der Waals surface area contributed by atoms with Crippen LogP contribution in [0.1, 0.15) is 6.42 Å². The van der Waals surface area contributed by atoms with Gasteiger partial charge in [-0.15, -0.1) is 0 Å². The number of morpholine rings is 1. The Morgan fingerprint density at radius 1 is 1.27 bits per heavy atom. The number of nitrogens with zero attached hydrogens (tertiary/aromatic N) is 3. The van der Waals surface area contributed by atoms with Crippen LogP contribution in [0.2, 0.25) is 0 Å². The van der Waals surface area contributed by atoms with Crippen LogP contribution < -0.4 is 9.47 Å². The van der Waals surface area contributed by atoms with Crippen LogP contribution in [0.5, 0.6) is 11.8 Å². The molecule has 1 aromatic heterocycles. The maximum atomic E-state index is 5.82. The molecule has 22 heavy (non-hydrogen) atoms. The highest BCUT2D eigenvalue weighted by Gasteiger charge is 2.09. The van der Waals surface area contributed by atoms with E-state index in [4.69, 9.17) is 14.2 Å². The molecule has 0 N–H and O–H groups in total. The van der Waals surface area contributed by atoms with E-state index in [2.05, 4.69) is 14.9 Å². The van der Waals surface area contributed by atoms with Crippen molar-refractivity contribution in [3.63, 3.8) is 0 Å². The first-order valence-electron chi connectivity index (χ1n) is 7.59. The molecule has 2 aromatic rings. The van der Waals surface area contributed by atoms with E-state index >= 15 is 0 Å². The van der Waals surface area contributed by atoms with Crippen LogP contribution in [0.4, 0.5) is 0 Å². The van der Waals surface area contributed by atoms with Crippen molar-refractivity contribution in [1.29, 1.82) is 0 Å². The van der Waals surface area contributed by atoms with Gasteiger partial charge in [-0.2, -0.15) is 4.98 Å². The first-order chi connectivity index (χ1) is 10.8. The van der Waals surface area contributed by atoms with Gasteiger partial charge < -0.3 is 14.2 Å². The number of rotatable bonds is 6. The largest absolute Gasteiger partial charge is 0.494 e. The Kier molecular flexibility index (Phi) is 5.03. The lowest BCUT2D eigenvalue weighted by Gasteiger charge is -2.26. The third-order valence-corrected chi connectivity index (χ3v) is 3.70. The molecule has 1 aliphatic rings. The van der Waals surface area contributed by atoms with Crippen molar-refractivity contribution in [3.8, 4) is 11.8 Å². The second-order valence-electron chi connectivity index (χ2n) is 5.23. The zero-order valence-corrected chi connectivity index (χ0v) is 12.8. The van der Waals surface area contributed by atoms with Crippen LogP contribution in [0.3, 0.4) is 0 Å². The highest BCUT2D eigenvalue weighted by atomic mass is 16.5. The van der Waals surface area contributed by atoms with Crippen molar-refractivity contribution < 1.29 is 14.2 Å². The summed E-state index contributed by atoms with van der Waals surface area (Å²) in [7, 11) is 1.56. The standard InChI is InChI=1S/C16H21N3O3/c1-20-16-17-12-13-11-14(3-4-15(13)18-16)22-8-2-5-19-6-9-21-10-7-19/h3-4,11-12H,2,5-10H2,1H3. The number of fused-ring (bicyclic) bond motifs is 1. The highest BCUT2D eigenvalue weighted by molar-refractivity contribution is 5.79. The van der Waals surface area contributed by atoms with E-state index in [9.17, 15) is 0 Å². The van der Waals surface area contributed by atoms with Crippen molar-refractivity contribution in [2.45, 2.75) is 6.42 Å². The molecular formula is C16H21N3O3. The zero-order chi connectivity index (χ0) is 15.2. The highest BCUT2D eigenvalue weighted by Crippen LogP contribution is 2.20. The average Bonchev–Trinajstić information content (AvgIpc) is 2.59. The molecule has 6 nitrogen and oxygen atoms in total. The first kappa shape index (κ1) is 15.0. The predicted molar refractivity (Wildman–Crippen MR) is 83.5 cm³/mol. The van der Waals surface area contributed by atoms with Crippen molar-refractivity contribution >= 4 is 10.9 Å². The minimum Gasteiger partial charge on any atom is -0.494 e. The SMILES string of the molecule is COc1ncc2cc(OCCCN3CCOCC3)ccc2n1. The summed E-state index contributed by atoms with van der Waals surface area (Å²) in [5, 5.41) is 0.950. The van der Waals surface area contributed by atoms with E-state index < -0.39 is 0 Å². The quantitative estimate of drug-likeness (QED) is 0.758. The molecule has 1 aromatic carbocycles. The first-order valence-corrected chi connectivity index (χ1v) is 7.59. The molecule has 0 saturated carbocycles. The Morgan fingerprint density at radius 3 is 2.95 bits per heavy atom. The maximum absolute atomic E-state index is 5.82. The van der Waals surface area contributed by atoms with Gasteiger partial charge in [-0.05, 0) is 24.6 Å². The molecule has 1 saturated heterocycles. The number of hydrogen-bond acceptors (Lipinski definition) is 6. The van der Waals surface area contributed by atoms with E-state index in [1.807, 2.05) is 18.2 Å². The van der Waals surface area contributed by atoms with E-state index in [0.717, 1.165) is 55.9 Å². The molecule has 0 amide bonds. The fourth-order valence-corrected chi connectivity index (χ4v) is 2.49. The minimum atomic E-state index is 0.381. The minimum absolute atomic E-state index is 0.381. The van der Waals surface area contributed by atoms with Gasteiger partial charge in [0.2, 0.25) is 0 Å². The van der Waals surface area contributed by atoms with Crippen molar-refractivity contribution in [2.24, 2.45) is 0 Å². The summed E-state index contributed by atoms with van der Waals surface area (Å²) in [6.07, 6.45) is 2.76. The van der Waals surface area contributed by atoms with Gasteiger partial charge >= 0.3 is 6.01 Å². The summed E-state index contributed by atoms with van der Waals surface area (Å²) >= 11 is 0. The monoisotopic (exact) mass is 303 g/mol. The molecule has 0 atom stereocenters. The number of aromatic nitrogens is 2. The fourth-order valence-electron chi connectivity index (χ4n) is 2.49. The zero-order valence-electron chi connectivity index (χ0n) is 12.8. The maximum Gasteiger partial charge on any atom is 0.316 e. The lowest BCUT2D eigenvalue weighted by Crippen LogP contribution is -2.37. The van der Waals surface area contributed by atoms with Gasteiger partial charge in [0.25, 0.3) is 0 Å². The van der Waals surface area contributed by atoms with Gasteiger partial charge in [-0.3, -0.25) is 4.90 Å². The molecule has 1 fully saturated rings. The van der Waals surface area contributed by atoms with Crippen LogP contribution in [0.25, 0.3) is 10.9 Å². The summed E-state index contributed by atoms with van der Waals surface area (Å²) < 4.78 is 16.2. The molecule has 0 unspecified atom stereocenters. The van der Waals surface area contributed by atoms with Gasteiger partial charge in [0.15, 0.2) is 0 Å². The van der Waals surface area contributed by atoms with E-state index in [-0.39, 0.29) is 0 Å². The van der Waals surface area contributed by atoms with E-state index in [1.165, 1.54) is 0 Å². The van der Waals surface area contributed by atoms with Crippen LogP contribution in [-0.4, -0.2) is 61.4 Å². The Morgan fingerprint density at radius 2 is 2.14 bits per heavy atom. The fraction of sp³-hybridized carbons (Fsp3) is 0.500. The number of hydrogen-bond donors (Lipinski definition) is 0. The molecule has 2 heterocycles. The van der Waals surface area contributed by atoms with E-state index in [0.29, 0.717) is 12.6 Å². The Hall–Kier alpha value is -1.92. The van der Waals surface area contributed by atoms with Gasteiger partial charge in [-0.1, -0.05) is 0 Å². The summed E-state index contributed by atoms with van der Waals surface area (Å²) in [5.41, 5.74) is 0.854. The summed E-state index contributed by atoms with van der Waals surface area (Å²) in [6, 6.07) is 6.20. The molecule has 1 aliphatic heterocycles. The van der Waals surface area contributed by atoms with Gasteiger partial charge in [-0.25, -0.2) is 4.98 Å².